The molecule has 1 aromatic carbocycles. The maximum absolute atomic E-state index is 12.4. The van der Waals surface area contributed by atoms with E-state index in [9.17, 15) is 9.59 Å². The quantitative estimate of drug-likeness (QED) is 0.618. The molecule has 3 rings (SSSR count). The molecule has 2 aromatic rings. The summed E-state index contributed by atoms with van der Waals surface area (Å²) in [6, 6.07) is 7.96. The van der Waals surface area contributed by atoms with E-state index in [1.54, 1.807) is 13.0 Å². The molecule has 1 fully saturated rings. The van der Waals surface area contributed by atoms with Gasteiger partial charge < -0.3 is 10.1 Å². The van der Waals surface area contributed by atoms with Gasteiger partial charge >= 0.3 is 5.97 Å². The predicted octanol–water partition coefficient (Wildman–Crippen LogP) is 4.18. The Kier molecular flexibility index (Phi) is 6.26. The van der Waals surface area contributed by atoms with Crippen molar-refractivity contribution in [3.63, 3.8) is 0 Å². The highest BCUT2D eigenvalue weighted by Gasteiger charge is 2.29. The van der Waals surface area contributed by atoms with Crippen LogP contribution in [0.3, 0.4) is 0 Å². The van der Waals surface area contributed by atoms with E-state index in [2.05, 4.69) is 24.1 Å². The fourth-order valence-corrected chi connectivity index (χ4v) is 4.32. The molecule has 4 atom stereocenters. The molecule has 1 aliphatic rings. The molecule has 1 aliphatic carbocycles. The summed E-state index contributed by atoms with van der Waals surface area (Å²) < 4.78 is 6.31. The topological polar surface area (TPSA) is 68.3 Å². The van der Waals surface area contributed by atoms with Gasteiger partial charge in [0.05, 0.1) is 10.2 Å². The third-order valence-electron chi connectivity index (χ3n) is 5.37. The van der Waals surface area contributed by atoms with Crippen LogP contribution in [-0.2, 0) is 14.3 Å². The van der Waals surface area contributed by atoms with E-state index < -0.39 is 12.1 Å². The second-order valence-electron chi connectivity index (χ2n) is 7.31. The molecule has 6 heteroatoms. The number of hydrogen-bond acceptors (Lipinski definition) is 5. The first kappa shape index (κ1) is 19.5. The molecule has 0 saturated heterocycles. The summed E-state index contributed by atoms with van der Waals surface area (Å²) in [4.78, 5) is 28.8. The molecular weight excluding hydrogens is 360 g/mol. The summed E-state index contributed by atoms with van der Waals surface area (Å²) >= 11 is 1.50. The zero-order valence-electron chi connectivity index (χ0n) is 16.0. The molecule has 0 radical (unpaired) electrons. The summed E-state index contributed by atoms with van der Waals surface area (Å²) in [7, 11) is 0. The van der Waals surface area contributed by atoms with E-state index >= 15 is 0 Å². The molecule has 1 amide bonds. The van der Waals surface area contributed by atoms with E-state index in [0.717, 1.165) is 28.1 Å². The molecule has 1 saturated carbocycles. The Hall–Kier alpha value is -2.21. The van der Waals surface area contributed by atoms with Crippen molar-refractivity contribution in [3.8, 4) is 0 Å². The van der Waals surface area contributed by atoms with Crippen molar-refractivity contribution in [3.05, 3.63) is 35.3 Å². The third kappa shape index (κ3) is 4.95. The van der Waals surface area contributed by atoms with Crippen molar-refractivity contribution < 1.29 is 14.3 Å². The Balaban J connectivity index is 1.52. The number of carbonyl (C=O) groups excluding carboxylic acids is 2. The Morgan fingerprint density at radius 2 is 2.07 bits per heavy atom. The van der Waals surface area contributed by atoms with E-state index in [1.165, 1.54) is 23.8 Å². The van der Waals surface area contributed by atoms with Crippen LogP contribution in [0.25, 0.3) is 16.3 Å². The van der Waals surface area contributed by atoms with Crippen molar-refractivity contribution in [2.45, 2.75) is 52.2 Å². The molecule has 0 spiro atoms. The zero-order valence-corrected chi connectivity index (χ0v) is 16.8. The fraction of sp³-hybridized carbons (Fsp3) is 0.476. The Bertz CT molecular complexity index is 812. The minimum atomic E-state index is -0.818. The number of fused-ring (bicyclic) bond motifs is 1. The SMILES string of the molecule is C[C@H]1[C@@H](NC(=O)[C@@H](C)OC(=O)/C=C/c2nc3ccccc3s2)CCC[C@@H]1C. The van der Waals surface area contributed by atoms with Gasteiger partial charge in [-0.05, 0) is 43.4 Å². The van der Waals surface area contributed by atoms with Gasteiger partial charge in [0.1, 0.15) is 5.01 Å². The number of hydrogen-bond donors (Lipinski definition) is 1. The minimum Gasteiger partial charge on any atom is -0.449 e. The number of thiazole rings is 1. The highest BCUT2D eigenvalue weighted by atomic mass is 32.1. The average molecular weight is 387 g/mol. The fourth-order valence-electron chi connectivity index (χ4n) is 3.45. The molecule has 0 unspecified atom stereocenters. The van der Waals surface area contributed by atoms with Crippen molar-refractivity contribution in [1.82, 2.24) is 10.3 Å². The van der Waals surface area contributed by atoms with Crippen LogP contribution >= 0.6 is 11.3 Å². The van der Waals surface area contributed by atoms with Crippen LogP contribution in [0.4, 0.5) is 0 Å². The number of benzene rings is 1. The Labute approximate surface area is 163 Å². The van der Waals surface area contributed by atoms with Crippen LogP contribution in [0.5, 0.6) is 0 Å². The number of ether oxygens (including phenoxy) is 1. The molecule has 5 nitrogen and oxygen atoms in total. The lowest BCUT2D eigenvalue weighted by Crippen LogP contribution is -2.47. The number of amides is 1. The maximum Gasteiger partial charge on any atom is 0.331 e. The summed E-state index contributed by atoms with van der Waals surface area (Å²) in [5.74, 6) is 0.257. The van der Waals surface area contributed by atoms with Crippen LogP contribution in [0.15, 0.2) is 30.3 Å². The van der Waals surface area contributed by atoms with Crippen molar-refractivity contribution in [1.29, 1.82) is 0 Å². The van der Waals surface area contributed by atoms with Crippen LogP contribution in [0.2, 0.25) is 0 Å². The first-order valence-corrected chi connectivity index (χ1v) is 10.3. The molecule has 144 valence electrons. The van der Waals surface area contributed by atoms with Gasteiger partial charge in [0.2, 0.25) is 0 Å². The number of aromatic nitrogens is 1. The normalized spacial score (nSPS) is 24.0. The maximum atomic E-state index is 12.4. The van der Waals surface area contributed by atoms with Crippen LogP contribution in [0, 0.1) is 11.8 Å². The Morgan fingerprint density at radius 1 is 1.30 bits per heavy atom. The smallest absolute Gasteiger partial charge is 0.331 e. The molecule has 1 heterocycles. The lowest BCUT2D eigenvalue weighted by molar-refractivity contribution is -0.150. The molecule has 27 heavy (non-hydrogen) atoms. The van der Waals surface area contributed by atoms with Gasteiger partial charge in [-0.2, -0.15) is 0 Å². The number of nitrogens with zero attached hydrogens (tertiary/aromatic N) is 1. The zero-order chi connectivity index (χ0) is 19.4. The van der Waals surface area contributed by atoms with Gasteiger partial charge in [-0.25, -0.2) is 9.78 Å². The summed E-state index contributed by atoms with van der Waals surface area (Å²) in [6.45, 7) is 6.00. The summed E-state index contributed by atoms with van der Waals surface area (Å²) in [5.41, 5.74) is 0.902. The van der Waals surface area contributed by atoms with E-state index in [-0.39, 0.29) is 11.9 Å². The Morgan fingerprint density at radius 3 is 2.85 bits per heavy atom. The van der Waals surface area contributed by atoms with E-state index in [1.807, 2.05) is 24.3 Å². The van der Waals surface area contributed by atoms with Gasteiger partial charge in [-0.1, -0.05) is 38.8 Å². The summed E-state index contributed by atoms with van der Waals surface area (Å²) in [6.07, 6.45) is 5.44. The largest absolute Gasteiger partial charge is 0.449 e. The standard InChI is InChI=1S/C21H26N2O3S/c1-13-7-6-9-16(14(13)2)23-21(25)15(3)26-20(24)12-11-19-22-17-8-4-5-10-18(17)27-19/h4-5,8,10-16H,6-7,9H2,1-3H3,(H,23,25)/b12-11+/t13-,14+,15+,16-/m0/s1. The van der Waals surface area contributed by atoms with Gasteiger partial charge in [0.15, 0.2) is 6.10 Å². The summed E-state index contributed by atoms with van der Waals surface area (Å²) in [5, 5.41) is 3.78. The lowest BCUT2D eigenvalue weighted by Gasteiger charge is -2.35. The van der Waals surface area contributed by atoms with E-state index in [4.69, 9.17) is 4.74 Å². The van der Waals surface area contributed by atoms with Gasteiger partial charge in [0, 0.05) is 12.1 Å². The highest BCUT2D eigenvalue weighted by Crippen LogP contribution is 2.29. The second kappa shape index (κ2) is 8.65. The number of para-hydroxylation sites is 1. The van der Waals surface area contributed by atoms with Crippen LogP contribution < -0.4 is 5.32 Å². The number of nitrogens with one attached hydrogen (secondary N) is 1. The highest BCUT2D eigenvalue weighted by molar-refractivity contribution is 7.19. The minimum absolute atomic E-state index is 0.153. The number of esters is 1. The molecule has 0 aliphatic heterocycles. The lowest BCUT2D eigenvalue weighted by atomic mass is 9.78. The predicted molar refractivity (Wildman–Crippen MR) is 108 cm³/mol. The molecule has 1 N–H and O–H groups in total. The molecule has 1 aromatic heterocycles. The third-order valence-corrected chi connectivity index (χ3v) is 6.37. The first-order valence-electron chi connectivity index (χ1n) is 9.48. The van der Waals surface area contributed by atoms with Gasteiger partial charge in [-0.15, -0.1) is 11.3 Å². The average Bonchev–Trinajstić information content (AvgIpc) is 3.06. The van der Waals surface area contributed by atoms with Gasteiger partial charge in [0.25, 0.3) is 5.91 Å². The van der Waals surface area contributed by atoms with Crippen LogP contribution in [0.1, 0.15) is 45.0 Å². The second-order valence-corrected chi connectivity index (χ2v) is 8.38. The monoisotopic (exact) mass is 386 g/mol. The number of carbonyl (C=O) groups is 2. The van der Waals surface area contributed by atoms with Crippen molar-refractivity contribution in [2.75, 3.05) is 0 Å². The number of rotatable bonds is 5. The van der Waals surface area contributed by atoms with Crippen molar-refractivity contribution in [2.24, 2.45) is 11.8 Å². The van der Waals surface area contributed by atoms with Crippen molar-refractivity contribution >= 4 is 39.5 Å². The molecule has 0 bridgehead atoms. The molecular formula is C21H26N2O3S. The van der Waals surface area contributed by atoms with Crippen LogP contribution in [-0.4, -0.2) is 29.0 Å². The van der Waals surface area contributed by atoms with E-state index in [0.29, 0.717) is 11.8 Å². The first-order chi connectivity index (χ1) is 12.9. The van der Waals surface area contributed by atoms with Gasteiger partial charge in [-0.3, -0.25) is 4.79 Å².